The molecule has 10 aromatic carbocycles. The Morgan fingerprint density at radius 2 is 0.628 bits per heavy atom. The Morgan fingerprint density at radius 1 is 0.308 bits per heavy atom. The average molecular weight is 1040 g/mol. The average Bonchev–Trinajstić information content (AvgIpc) is 4.00. The highest BCUT2D eigenvalue weighted by Crippen LogP contribution is 2.57. The summed E-state index contributed by atoms with van der Waals surface area (Å²) in [6.07, 6.45) is 4.24. The molecule has 5 N–H and O–H groups in total. The van der Waals surface area contributed by atoms with Crippen LogP contribution in [0.1, 0.15) is 99.9 Å². The van der Waals surface area contributed by atoms with Crippen LogP contribution < -0.4 is 9.47 Å². The second-order valence-corrected chi connectivity index (χ2v) is 18.0. The molecule has 7 heteroatoms. The highest BCUT2D eigenvalue weighted by atomic mass is 16.5. The van der Waals surface area contributed by atoms with E-state index >= 15 is 0 Å². The number of rotatable bonds is 10. The van der Waals surface area contributed by atoms with E-state index in [9.17, 15) is 20.4 Å². The number of phenols is 5. The fourth-order valence-corrected chi connectivity index (χ4v) is 9.16. The van der Waals surface area contributed by atoms with Crippen molar-refractivity contribution in [1.82, 2.24) is 0 Å². The Morgan fingerprint density at radius 3 is 0.962 bits per heavy atom. The van der Waals surface area contributed by atoms with Crippen molar-refractivity contribution >= 4 is 10.8 Å². The molecule has 400 valence electrons. The van der Waals surface area contributed by atoms with Crippen LogP contribution in [0.25, 0.3) is 21.9 Å². The number of benzene rings is 10. The minimum atomic E-state index is -0.830. The van der Waals surface area contributed by atoms with Crippen molar-refractivity contribution in [2.24, 2.45) is 0 Å². The minimum absolute atomic E-state index is 0.197. The molecule has 0 amide bonds. The van der Waals surface area contributed by atoms with Gasteiger partial charge in [-0.3, -0.25) is 0 Å². The SMILES string of the molecule is CC.CC.CCc1ccc(Oc2ccc(CC)cc2)cc1.CCc1ccc(Oc2ccc(CC)cc2)cc1.Oc1ccc(C2(c3ccc(O)c(O)c3)c3ccccc3-c3ccccc32)cc1O.Oc1ccc2ccccc2c1. The lowest BCUT2D eigenvalue weighted by Gasteiger charge is -2.34. The van der Waals surface area contributed by atoms with Crippen LogP contribution in [0.4, 0.5) is 0 Å². The van der Waals surface area contributed by atoms with Crippen molar-refractivity contribution in [3.05, 3.63) is 269 Å². The molecular formula is C71H74O7. The van der Waals surface area contributed by atoms with Crippen molar-refractivity contribution in [1.29, 1.82) is 0 Å². The summed E-state index contributed by atoms with van der Waals surface area (Å²) in [5, 5.41) is 51.7. The number of ether oxygens (including phenoxy) is 2. The molecule has 0 radical (unpaired) electrons. The van der Waals surface area contributed by atoms with Crippen LogP contribution in [0.3, 0.4) is 0 Å². The van der Waals surface area contributed by atoms with Gasteiger partial charge in [-0.05, 0) is 177 Å². The predicted octanol–water partition coefficient (Wildman–Crippen LogP) is 18.7. The van der Waals surface area contributed by atoms with Gasteiger partial charge in [0.15, 0.2) is 23.0 Å². The molecule has 0 bridgehead atoms. The highest BCUT2D eigenvalue weighted by Gasteiger charge is 2.46. The second kappa shape index (κ2) is 28.8. The summed E-state index contributed by atoms with van der Waals surface area (Å²) >= 11 is 0. The first-order valence-electron chi connectivity index (χ1n) is 27.2. The monoisotopic (exact) mass is 1040 g/mol. The second-order valence-electron chi connectivity index (χ2n) is 18.0. The smallest absolute Gasteiger partial charge is 0.157 e. The Bertz CT molecular complexity index is 3140. The van der Waals surface area contributed by atoms with Crippen LogP contribution in [0.2, 0.25) is 0 Å². The summed E-state index contributed by atoms with van der Waals surface area (Å²) in [7, 11) is 0. The molecule has 0 aromatic heterocycles. The van der Waals surface area contributed by atoms with Crippen LogP contribution in [0.15, 0.2) is 224 Å². The van der Waals surface area contributed by atoms with Gasteiger partial charge in [0.1, 0.15) is 28.7 Å². The van der Waals surface area contributed by atoms with Crippen molar-refractivity contribution < 1.29 is 35.0 Å². The van der Waals surface area contributed by atoms with Gasteiger partial charge in [-0.2, -0.15) is 0 Å². The van der Waals surface area contributed by atoms with E-state index in [0.29, 0.717) is 5.75 Å². The summed E-state index contributed by atoms with van der Waals surface area (Å²) in [6, 6.07) is 72.0. The molecule has 7 nitrogen and oxygen atoms in total. The Kier molecular flexibility index (Phi) is 21.5. The molecule has 10 aromatic rings. The quantitative estimate of drug-likeness (QED) is 0.0866. The fraction of sp³-hybridized carbons (Fsp3) is 0.183. The van der Waals surface area contributed by atoms with Crippen molar-refractivity contribution in [2.75, 3.05) is 0 Å². The van der Waals surface area contributed by atoms with Gasteiger partial charge in [-0.25, -0.2) is 0 Å². The van der Waals surface area contributed by atoms with E-state index in [0.717, 1.165) is 92.8 Å². The van der Waals surface area contributed by atoms with Crippen molar-refractivity contribution in [3.8, 4) is 62.9 Å². The van der Waals surface area contributed by atoms with Gasteiger partial charge in [0.25, 0.3) is 0 Å². The number of fused-ring (bicyclic) bond motifs is 4. The van der Waals surface area contributed by atoms with Crippen LogP contribution in [0, 0.1) is 0 Å². The van der Waals surface area contributed by atoms with E-state index in [-0.39, 0.29) is 23.0 Å². The molecule has 1 aliphatic rings. The van der Waals surface area contributed by atoms with E-state index in [1.807, 2.05) is 143 Å². The molecule has 11 rings (SSSR count). The van der Waals surface area contributed by atoms with Crippen molar-refractivity contribution in [3.63, 3.8) is 0 Å². The molecular weight excluding hydrogens is 965 g/mol. The maximum atomic E-state index is 10.3. The molecule has 0 fully saturated rings. The molecule has 0 unspecified atom stereocenters. The van der Waals surface area contributed by atoms with Crippen LogP contribution >= 0.6 is 0 Å². The van der Waals surface area contributed by atoms with E-state index in [2.05, 4.69) is 88.4 Å². The molecule has 0 atom stereocenters. The summed E-state index contributed by atoms with van der Waals surface area (Å²) in [5.74, 6) is 3.08. The van der Waals surface area contributed by atoms with Gasteiger partial charge in [-0.15, -0.1) is 0 Å². The van der Waals surface area contributed by atoms with Gasteiger partial charge < -0.3 is 35.0 Å². The molecule has 1 aliphatic carbocycles. The first kappa shape index (κ1) is 58.3. The van der Waals surface area contributed by atoms with Gasteiger partial charge in [0.2, 0.25) is 0 Å². The third kappa shape index (κ3) is 14.3. The zero-order valence-corrected chi connectivity index (χ0v) is 46.2. The number of aryl methyl sites for hydroxylation is 4. The largest absolute Gasteiger partial charge is 0.508 e. The maximum absolute atomic E-state index is 10.3. The Balaban J connectivity index is 0.000000174. The van der Waals surface area contributed by atoms with Gasteiger partial charge in [0.05, 0.1) is 5.41 Å². The van der Waals surface area contributed by atoms with E-state index < -0.39 is 5.41 Å². The molecule has 0 saturated heterocycles. The lowest BCUT2D eigenvalue weighted by atomic mass is 9.67. The first-order chi connectivity index (χ1) is 38.0. The summed E-state index contributed by atoms with van der Waals surface area (Å²) in [4.78, 5) is 0. The molecule has 0 heterocycles. The number of aromatic hydroxyl groups is 5. The number of hydrogen-bond acceptors (Lipinski definition) is 7. The third-order valence-corrected chi connectivity index (χ3v) is 13.3. The van der Waals surface area contributed by atoms with E-state index in [4.69, 9.17) is 14.6 Å². The van der Waals surface area contributed by atoms with Gasteiger partial charge in [-0.1, -0.05) is 195 Å². The summed E-state index contributed by atoms with van der Waals surface area (Å²) in [5.41, 5.74) is 10.1. The van der Waals surface area contributed by atoms with Gasteiger partial charge >= 0.3 is 0 Å². The molecule has 0 saturated carbocycles. The lowest BCUT2D eigenvalue weighted by molar-refractivity contribution is 0.401. The first-order valence-corrected chi connectivity index (χ1v) is 27.2. The molecule has 78 heavy (non-hydrogen) atoms. The zero-order valence-electron chi connectivity index (χ0n) is 46.2. The molecule has 0 aliphatic heterocycles. The number of hydrogen-bond donors (Lipinski definition) is 5. The van der Waals surface area contributed by atoms with E-state index in [1.165, 1.54) is 34.4 Å². The topological polar surface area (TPSA) is 120 Å². The Hall–Kier alpha value is -8.94. The van der Waals surface area contributed by atoms with Crippen LogP contribution in [-0.2, 0) is 31.1 Å². The molecule has 0 spiro atoms. The fourth-order valence-electron chi connectivity index (χ4n) is 9.16. The standard InChI is InChI=1S/C25H18O4.2C16H18O.C10H8O.2C2H6/c26-21-11-9-15(13-23(21)28)25(16-10-12-22(27)24(29)14-16)19-7-3-1-5-17(19)18-6-2-4-8-20(18)25;2*1-3-13-5-9-15(10-6-13)17-16-11-7-14(4-2)8-12-16;11-10-6-5-8-3-1-2-4-9(8)7-10;2*1-2/h1-14,26-29H;2*5-12H,3-4H2,1-2H3;1-7,11H;2*1-2H3. The van der Waals surface area contributed by atoms with Crippen molar-refractivity contribution in [2.45, 2.75) is 86.5 Å². The number of phenolic OH excluding ortho intramolecular Hbond substituents is 5. The highest BCUT2D eigenvalue weighted by molar-refractivity contribution is 5.87. The maximum Gasteiger partial charge on any atom is 0.157 e. The summed E-state index contributed by atoms with van der Waals surface area (Å²) in [6.45, 7) is 16.6. The zero-order chi connectivity index (χ0) is 56.0. The minimum Gasteiger partial charge on any atom is -0.508 e. The predicted molar refractivity (Wildman–Crippen MR) is 322 cm³/mol. The third-order valence-electron chi connectivity index (χ3n) is 13.3. The van der Waals surface area contributed by atoms with Crippen LogP contribution in [0.5, 0.6) is 51.7 Å². The lowest BCUT2D eigenvalue weighted by Crippen LogP contribution is -2.28. The van der Waals surface area contributed by atoms with Crippen LogP contribution in [-0.4, -0.2) is 25.5 Å². The van der Waals surface area contributed by atoms with Gasteiger partial charge in [0, 0.05) is 0 Å². The summed E-state index contributed by atoms with van der Waals surface area (Å²) < 4.78 is 11.6. The Labute approximate surface area is 462 Å². The normalized spacial score (nSPS) is 11.1. The van der Waals surface area contributed by atoms with E-state index in [1.54, 1.807) is 36.4 Å².